The topological polar surface area (TPSA) is 40.5 Å². The van der Waals surface area contributed by atoms with Gasteiger partial charge in [0.2, 0.25) is 5.13 Å². The van der Waals surface area contributed by atoms with E-state index in [1.54, 1.807) is 17.6 Å². The molecule has 0 aliphatic heterocycles. The summed E-state index contributed by atoms with van der Waals surface area (Å²) in [5.74, 6) is 0. The highest BCUT2D eigenvalue weighted by Crippen LogP contribution is 2.25. The fourth-order valence-electron chi connectivity index (χ4n) is 2.81. The number of benzene rings is 3. The summed E-state index contributed by atoms with van der Waals surface area (Å²) in [5.41, 5.74) is 8.38. The zero-order chi connectivity index (χ0) is 19.2. The largest absolute Gasteiger partial charge is 0.345 e. The Morgan fingerprint density at radius 3 is 2.21 bits per heavy atom. The number of aromatic nitrogens is 1. The second-order valence-corrected chi connectivity index (χ2v) is 7.12. The van der Waals surface area contributed by atoms with Crippen molar-refractivity contribution in [2.45, 2.75) is 0 Å². The Morgan fingerprint density at radius 2 is 1.50 bits per heavy atom. The number of thiazole rings is 1. The average molecular weight is 385 g/mol. The molecule has 138 valence electrons. The lowest BCUT2D eigenvalue weighted by molar-refractivity contribution is 1.21. The number of rotatable bonds is 6. The van der Waals surface area contributed by atoms with Crippen molar-refractivity contribution in [1.82, 2.24) is 4.98 Å². The quantitative estimate of drug-likeness (QED) is 0.326. The molecule has 0 unspecified atom stereocenters. The zero-order valence-electron chi connectivity index (χ0n) is 15.5. The monoisotopic (exact) mass is 384 g/mol. The number of para-hydroxylation sites is 1. The molecule has 0 fully saturated rings. The third-order valence-corrected chi connectivity index (χ3v) is 5.12. The number of nitrogens with zero attached hydrogens (tertiary/aromatic N) is 3. The van der Waals surface area contributed by atoms with E-state index >= 15 is 0 Å². The summed E-state index contributed by atoms with van der Waals surface area (Å²) in [5, 5.41) is 7.11. The van der Waals surface area contributed by atoms with Gasteiger partial charge < -0.3 is 4.90 Å². The van der Waals surface area contributed by atoms with Crippen LogP contribution >= 0.6 is 11.3 Å². The summed E-state index contributed by atoms with van der Waals surface area (Å²) in [7, 11) is 2.06. The molecule has 0 saturated carbocycles. The molecule has 3 aromatic carbocycles. The molecular weight excluding hydrogens is 364 g/mol. The van der Waals surface area contributed by atoms with Gasteiger partial charge in [-0.1, -0.05) is 60.7 Å². The van der Waals surface area contributed by atoms with Crippen molar-refractivity contribution in [1.29, 1.82) is 0 Å². The van der Waals surface area contributed by atoms with E-state index in [2.05, 4.69) is 76.0 Å². The van der Waals surface area contributed by atoms with Gasteiger partial charge in [0, 0.05) is 29.4 Å². The minimum Gasteiger partial charge on any atom is -0.345 e. The summed E-state index contributed by atoms with van der Waals surface area (Å²) in [6.45, 7) is 0. The molecule has 1 heterocycles. The van der Waals surface area contributed by atoms with E-state index in [1.165, 1.54) is 0 Å². The van der Waals surface area contributed by atoms with Gasteiger partial charge in [0.25, 0.3) is 0 Å². The van der Waals surface area contributed by atoms with E-state index in [4.69, 9.17) is 0 Å². The molecule has 1 aromatic heterocycles. The van der Waals surface area contributed by atoms with Crippen LogP contribution in [0.1, 0.15) is 5.56 Å². The van der Waals surface area contributed by atoms with Crippen molar-refractivity contribution in [2.75, 3.05) is 17.4 Å². The fourth-order valence-corrected chi connectivity index (χ4v) is 3.48. The molecule has 0 amide bonds. The first-order chi connectivity index (χ1) is 13.8. The Bertz CT molecular complexity index is 1040. The molecular formula is C23H20N4S. The maximum Gasteiger partial charge on any atom is 0.203 e. The van der Waals surface area contributed by atoms with Crippen LogP contribution in [0.5, 0.6) is 0 Å². The van der Waals surface area contributed by atoms with Gasteiger partial charge in [0.05, 0.1) is 11.9 Å². The number of hydrogen-bond acceptors (Lipinski definition) is 5. The zero-order valence-corrected chi connectivity index (χ0v) is 16.3. The van der Waals surface area contributed by atoms with Crippen molar-refractivity contribution in [3.63, 3.8) is 0 Å². The highest BCUT2D eigenvalue weighted by Gasteiger charge is 2.04. The summed E-state index contributed by atoms with van der Waals surface area (Å²) in [6.07, 6.45) is 1.80. The lowest BCUT2D eigenvalue weighted by Crippen LogP contribution is -2.08. The molecule has 4 aromatic rings. The molecule has 5 heteroatoms. The van der Waals surface area contributed by atoms with Crippen molar-refractivity contribution in [2.24, 2.45) is 5.10 Å². The van der Waals surface area contributed by atoms with E-state index in [0.717, 1.165) is 33.3 Å². The van der Waals surface area contributed by atoms with Gasteiger partial charge in [-0.15, -0.1) is 11.3 Å². The van der Waals surface area contributed by atoms with E-state index in [9.17, 15) is 0 Å². The number of hydrazone groups is 1. The number of anilines is 3. The van der Waals surface area contributed by atoms with Gasteiger partial charge in [0.15, 0.2) is 0 Å². The first-order valence-electron chi connectivity index (χ1n) is 8.98. The van der Waals surface area contributed by atoms with Crippen molar-refractivity contribution in [3.05, 3.63) is 95.9 Å². The van der Waals surface area contributed by atoms with Gasteiger partial charge in [-0.3, -0.25) is 5.43 Å². The molecule has 0 radical (unpaired) electrons. The normalized spacial score (nSPS) is 10.9. The summed E-state index contributed by atoms with van der Waals surface area (Å²) >= 11 is 1.54. The molecule has 0 aliphatic carbocycles. The lowest BCUT2D eigenvalue weighted by Gasteiger charge is -2.19. The highest BCUT2D eigenvalue weighted by molar-refractivity contribution is 7.14. The van der Waals surface area contributed by atoms with Crippen LogP contribution in [0.3, 0.4) is 0 Å². The summed E-state index contributed by atoms with van der Waals surface area (Å²) in [4.78, 5) is 6.72. The Morgan fingerprint density at radius 1 is 0.857 bits per heavy atom. The van der Waals surface area contributed by atoms with Crippen molar-refractivity contribution >= 4 is 34.1 Å². The second kappa shape index (κ2) is 8.50. The van der Waals surface area contributed by atoms with E-state index in [-0.39, 0.29) is 0 Å². The van der Waals surface area contributed by atoms with Crippen LogP contribution in [-0.4, -0.2) is 18.2 Å². The Kier molecular flexibility index (Phi) is 5.45. The van der Waals surface area contributed by atoms with Crippen LogP contribution in [0.4, 0.5) is 16.5 Å². The molecule has 28 heavy (non-hydrogen) atoms. The Labute approximate surface area is 168 Å². The molecule has 4 nitrogen and oxygen atoms in total. The summed E-state index contributed by atoms with van der Waals surface area (Å²) in [6, 6.07) is 28.7. The predicted octanol–water partition coefficient (Wildman–Crippen LogP) is 6.02. The first kappa shape index (κ1) is 17.9. The third kappa shape index (κ3) is 4.27. The minimum atomic E-state index is 0.774. The predicted molar refractivity (Wildman–Crippen MR) is 120 cm³/mol. The molecule has 0 spiro atoms. The maximum absolute atomic E-state index is 4.57. The molecule has 0 aliphatic rings. The third-order valence-electron chi connectivity index (χ3n) is 4.37. The average Bonchev–Trinajstić information content (AvgIpc) is 3.24. The lowest BCUT2D eigenvalue weighted by atomic mass is 10.2. The van der Waals surface area contributed by atoms with Gasteiger partial charge in [-0.05, 0) is 29.8 Å². The molecule has 1 N–H and O–H groups in total. The number of nitrogens with one attached hydrogen (secondary N) is 1. The molecule has 0 bridgehead atoms. The Balaban J connectivity index is 1.38. The second-order valence-electron chi connectivity index (χ2n) is 6.26. The van der Waals surface area contributed by atoms with Crippen LogP contribution in [0.15, 0.2) is 95.4 Å². The van der Waals surface area contributed by atoms with Crippen molar-refractivity contribution < 1.29 is 0 Å². The van der Waals surface area contributed by atoms with Crippen LogP contribution in [0.25, 0.3) is 11.3 Å². The fraction of sp³-hybridized carbons (Fsp3) is 0.0435. The van der Waals surface area contributed by atoms with Gasteiger partial charge >= 0.3 is 0 Å². The minimum absolute atomic E-state index is 0.774. The SMILES string of the molecule is CN(c1ccccc1)c1ccc(/C=N/Nc2nc(-c3ccccc3)cs2)cc1. The number of hydrogen-bond donors (Lipinski definition) is 1. The smallest absolute Gasteiger partial charge is 0.203 e. The maximum atomic E-state index is 4.57. The van der Waals surface area contributed by atoms with Gasteiger partial charge in [0.1, 0.15) is 0 Å². The molecule has 0 saturated heterocycles. The van der Waals surface area contributed by atoms with E-state index in [1.807, 2.05) is 41.8 Å². The van der Waals surface area contributed by atoms with E-state index < -0.39 is 0 Å². The Hall–Kier alpha value is -3.44. The van der Waals surface area contributed by atoms with Gasteiger partial charge in [-0.2, -0.15) is 5.10 Å². The first-order valence-corrected chi connectivity index (χ1v) is 9.86. The molecule has 4 rings (SSSR count). The summed E-state index contributed by atoms with van der Waals surface area (Å²) < 4.78 is 0. The van der Waals surface area contributed by atoms with Crippen molar-refractivity contribution in [3.8, 4) is 11.3 Å². The van der Waals surface area contributed by atoms with Crippen LogP contribution < -0.4 is 10.3 Å². The van der Waals surface area contributed by atoms with Gasteiger partial charge in [-0.25, -0.2) is 4.98 Å². The molecule has 0 atom stereocenters. The van der Waals surface area contributed by atoms with Crippen LogP contribution in [0, 0.1) is 0 Å². The van der Waals surface area contributed by atoms with Crippen LogP contribution in [-0.2, 0) is 0 Å². The standard InChI is InChI=1S/C23H20N4S/c1-27(20-10-6-3-7-11-20)21-14-12-18(13-15-21)16-24-26-23-25-22(17-28-23)19-8-4-2-5-9-19/h2-17H,1H3,(H,25,26)/b24-16+. The van der Waals surface area contributed by atoms with Crippen LogP contribution in [0.2, 0.25) is 0 Å². The highest BCUT2D eigenvalue weighted by atomic mass is 32.1. The van der Waals surface area contributed by atoms with E-state index in [0.29, 0.717) is 0 Å².